The SMILES string of the molecule is CCOc1ccc(-c2ccc(N)nc2)cc1CN(C(=O)c1sc2ccccc2c1Cl)[C@H]1CC[C@H](N(C)C)CC1. The highest BCUT2D eigenvalue weighted by Crippen LogP contribution is 2.38. The summed E-state index contributed by atoms with van der Waals surface area (Å²) in [6.45, 7) is 2.95. The van der Waals surface area contributed by atoms with Crippen LogP contribution in [0, 0.1) is 0 Å². The molecular formula is C31H35ClN4O2S. The smallest absolute Gasteiger partial charge is 0.266 e. The number of rotatable bonds is 8. The lowest BCUT2D eigenvalue weighted by Crippen LogP contribution is -2.44. The van der Waals surface area contributed by atoms with Crippen LogP contribution in [0.25, 0.3) is 21.2 Å². The molecule has 0 saturated heterocycles. The summed E-state index contributed by atoms with van der Waals surface area (Å²) in [5, 5.41) is 1.47. The Morgan fingerprint density at radius 1 is 1.05 bits per heavy atom. The van der Waals surface area contributed by atoms with Crippen molar-refractivity contribution in [2.45, 2.75) is 51.2 Å². The molecule has 1 fully saturated rings. The standard InChI is InChI=1S/C31H35ClN4O2S/c1-4-38-26-15-9-20(21-10-16-28(33)34-18-21)17-22(26)19-36(24-13-11-23(12-14-24)35(2)3)31(37)30-29(32)25-7-5-6-8-27(25)39-30/h5-10,15-18,23-24H,4,11-14,19H2,1-3H3,(H2,33,34)/t23-,24-. The molecule has 5 rings (SSSR count). The average molecular weight is 563 g/mol. The normalized spacial score (nSPS) is 17.5. The number of ether oxygens (including phenoxy) is 1. The van der Waals surface area contributed by atoms with E-state index in [-0.39, 0.29) is 11.9 Å². The maximum absolute atomic E-state index is 14.3. The van der Waals surface area contributed by atoms with E-state index in [1.165, 1.54) is 11.3 Å². The lowest BCUT2D eigenvalue weighted by atomic mass is 9.89. The lowest BCUT2D eigenvalue weighted by molar-refractivity contribution is 0.0572. The minimum Gasteiger partial charge on any atom is -0.494 e. The van der Waals surface area contributed by atoms with Gasteiger partial charge in [0.1, 0.15) is 16.4 Å². The molecule has 1 saturated carbocycles. The summed E-state index contributed by atoms with van der Waals surface area (Å²) in [6, 6.07) is 18.5. The van der Waals surface area contributed by atoms with Gasteiger partial charge in [0.05, 0.1) is 11.6 Å². The van der Waals surface area contributed by atoms with E-state index in [9.17, 15) is 4.79 Å². The fourth-order valence-electron chi connectivity index (χ4n) is 5.47. The van der Waals surface area contributed by atoms with Gasteiger partial charge in [0, 0.05) is 46.0 Å². The van der Waals surface area contributed by atoms with Crippen molar-refractivity contribution >= 4 is 44.7 Å². The van der Waals surface area contributed by atoms with Gasteiger partial charge in [-0.05, 0) is 82.6 Å². The molecule has 6 nitrogen and oxygen atoms in total. The number of carbonyl (C=O) groups is 1. The fraction of sp³-hybridized carbons (Fsp3) is 0.355. The molecule has 1 aliphatic rings. The number of hydrogen-bond donors (Lipinski definition) is 1. The number of thiophene rings is 1. The van der Waals surface area contributed by atoms with Gasteiger partial charge < -0.3 is 20.3 Å². The number of nitrogens with two attached hydrogens (primary N) is 1. The van der Waals surface area contributed by atoms with E-state index in [1.54, 1.807) is 12.3 Å². The Balaban J connectivity index is 1.53. The molecule has 2 N–H and O–H groups in total. The molecule has 39 heavy (non-hydrogen) atoms. The molecule has 4 aromatic rings. The zero-order chi connectivity index (χ0) is 27.5. The topological polar surface area (TPSA) is 71.7 Å². The highest BCUT2D eigenvalue weighted by molar-refractivity contribution is 7.21. The number of benzene rings is 2. The second kappa shape index (κ2) is 11.9. The van der Waals surface area contributed by atoms with Gasteiger partial charge in [0.2, 0.25) is 0 Å². The van der Waals surface area contributed by atoms with Crippen LogP contribution in [0.1, 0.15) is 47.8 Å². The van der Waals surface area contributed by atoms with Gasteiger partial charge in [0.25, 0.3) is 5.91 Å². The number of hydrogen-bond acceptors (Lipinski definition) is 6. The molecule has 2 heterocycles. The first-order chi connectivity index (χ1) is 18.9. The van der Waals surface area contributed by atoms with Crippen molar-refractivity contribution in [3.63, 3.8) is 0 Å². The van der Waals surface area contributed by atoms with E-state index in [4.69, 9.17) is 22.1 Å². The van der Waals surface area contributed by atoms with E-state index in [2.05, 4.69) is 30.0 Å². The molecule has 1 aliphatic carbocycles. The van der Waals surface area contributed by atoms with Crippen LogP contribution in [0.2, 0.25) is 5.02 Å². The highest BCUT2D eigenvalue weighted by Gasteiger charge is 2.33. The molecule has 0 bridgehead atoms. The number of anilines is 1. The van der Waals surface area contributed by atoms with E-state index >= 15 is 0 Å². The largest absolute Gasteiger partial charge is 0.494 e. The number of aromatic nitrogens is 1. The quantitative estimate of drug-likeness (QED) is 0.248. The van der Waals surface area contributed by atoms with Crippen molar-refractivity contribution in [1.29, 1.82) is 0 Å². The number of nitrogens with zero attached hydrogens (tertiary/aromatic N) is 3. The Morgan fingerprint density at radius 2 is 1.77 bits per heavy atom. The van der Waals surface area contributed by atoms with Crippen LogP contribution in [-0.2, 0) is 6.54 Å². The Morgan fingerprint density at radius 3 is 2.44 bits per heavy atom. The van der Waals surface area contributed by atoms with E-state index in [0.717, 1.165) is 58.2 Å². The molecule has 0 spiro atoms. The summed E-state index contributed by atoms with van der Waals surface area (Å²) >= 11 is 8.29. The summed E-state index contributed by atoms with van der Waals surface area (Å²) in [4.78, 5) is 23.5. The first-order valence-corrected chi connectivity index (χ1v) is 14.7. The predicted molar refractivity (Wildman–Crippen MR) is 162 cm³/mol. The molecule has 0 atom stereocenters. The van der Waals surface area contributed by atoms with Gasteiger partial charge in [-0.15, -0.1) is 11.3 Å². The minimum absolute atomic E-state index is 0.0171. The number of nitrogen functional groups attached to an aromatic ring is 1. The third-order valence-corrected chi connectivity index (χ3v) is 9.31. The predicted octanol–water partition coefficient (Wildman–Crippen LogP) is 7.11. The van der Waals surface area contributed by atoms with Gasteiger partial charge in [-0.2, -0.15) is 0 Å². The third-order valence-electron chi connectivity index (χ3n) is 7.65. The van der Waals surface area contributed by atoms with Crippen LogP contribution in [-0.4, -0.2) is 53.5 Å². The first kappa shape index (κ1) is 27.4. The van der Waals surface area contributed by atoms with Gasteiger partial charge in [-0.1, -0.05) is 35.9 Å². The van der Waals surface area contributed by atoms with Crippen molar-refractivity contribution in [2.75, 3.05) is 26.4 Å². The molecule has 2 aromatic carbocycles. The zero-order valence-corrected chi connectivity index (χ0v) is 24.3. The number of halogens is 1. The average Bonchev–Trinajstić information content (AvgIpc) is 3.29. The van der Waals surface area contributed by atoms with Crippen molar-refractivity contribution < 1.29 is 9.53 Å². The number of amides is 1. The molecule has 0 radical (unpaired) electrons. The van der Waals surface area contributed by atoms with Gasteiger partial charge in [-0.3, -0.25) is 4.79 Å². The van der Waals surface area contributed by atoms with Crippen LogP contribution in [0.5, 0.6) is 5.75 Å². The summed E-state index contributed by atoms with van der Waals surface area (Å²) in [5.74, 6) is 1.25. The number of pyridine rings is 1. The number of carbonyl (C=O) groups excluding carboxylic acids is 1. The maximum Gasteiger partial charge on any atom is 0.266 e. The summed E-state index contributed by atoms with van der Waals surface area (Å²) in [7, 11) is 4.27. The number of fused-ring (bicyclic) bond motifs is 1. The van der Waals surface area contributed by atoms with Crippen molar-refractivity contribution in [3.8, 4) is 16.9 Å². The van der Waals surface area contributed by atoms with Crippen LogP contribution >= 0.6 is 22.9 Å². The highest BCUT2D eigenvalue weighted by atomic mass is 35.5. The second-order valence-corrected chi connectivity index (χ2v) is 11.8. The molecule has 0 unspecified atom stereocenters. The molecule has 1 amide bonds. The molecule has 0 aliphatic heterocycles. The monoisotopic (exact) mass is 562 g/mol. The van der Waals surface area contributed by atoms with E-state index in [0.29, 0.717) is 34.9 Å². The minimum atomic E-state index is -0.0171. The Bertz CT molecular complexity index is 1450. The molecular weight excluding hydrogens is 528 g/mol. The Labute approximate surface area is 239 Å². The van der Waals surface area contributed by atoms with Crippen LogP contribution in [0.3, 0.4) is 0 Å². The van der Waals surface area contributed by atoms with Gasteiger partial charge in [-0.25, -0.2) is 4.98 Å². The Hall–Kier alpha value is -3.13. The lowest BCUT2D eigenvalue weighted by Gasteiger charge is -2.39. The van der Waals surface area contributed by atoms with E-state index < -0.39 is 0 Å². The van der Waals surface area contributed by atoms with Crippen molar-refractivity contribution in [3.05, 3.63) is 76.3 Å². The fourth-order valence-corrected chi connectivity index (χ4v) is 6.94. The maximum atomic E-state index is 14.3. The summed E-state index contributed by atoms with van der Waals surface area (Å²) < 4.78 is 7.06. The van der Waals surface area contributed by atoms with Crippen molar-refractivity contribution in [2.24, 2.45) is 0 Å². The van der Waals surface area contributed by atoms with Crippen LogP contribution < -0.4 is 10.5 Å². The van der Waals surface area contributed by atoms with Gasteiger partial charge >= 0.3 is 0 Å². The van der Waals surface area contributed by atoms with Crippen LogP contribution in [0.4, 0.5) is 5.82 Å². The second-order valence-electron chi connectivity index (χ2n) is 10.3. The molecule has 204 valence electrons. The van der Waals surface area contributed by atoms with Gasteiger partial charge in [0.15, 0.2) is 0 Å². The molecule has 2 aromatic heterocycles. The summed E-state index contributed by atoms with van der Waals surface area (Å²) in [5.41, 5.74) is 8.75. The van der Waals surface area contributed by atoms with Crippen molar-refractivity contribution in [1.82, 2.24) is 14.8 Å². The van der Waals surface area contributed by atoms with E-state index in [1.807, 2.05) is 54.3 Å². The third kappa shape index (κ3) is 5.91. The summed E-state index contributed by atoms with van der Waals surface area (Å²) in [6.07, 6.45) is 5.77. The zero-order valence-electron chi connectivity index (χ0n) is 22.7. The first-order valence-electron chi connectivity index (χ1n) is 13.5. The molecule has 8 heteroatoms. The van der Waals surface area contributed by atoms with Crippen LogP contribution in [0.15, 0.2) is 60.8 Å². The Kier molecular flexibility index (Phi) is 8.40.